The molecule has 0 aromatic carbocycles. The molecule has 1 heterocycles. The number of aliphatic hydroxyl groups is 1. The normalized spacial score (nSPS) is 13.3. The molecular weight excluding hydrogens is 202 g/mol. The van der Waals surface area contributed by atoms with Crippen molar-refractivity contribution in [1.29, 1.82) is 0 Å². The fraction of sp³-hybridized carbons (Fsp3) is 0.833. The Morgan fingerprint density at radius 1 is 1.44 bits per heavy atom. The average Bonchev–Trinajstić information content (AvgIpc) is 2.62. The van der Waals surface area contributed by atoms with Crippen LogP contribution >= 0.6 is 0 Å². The van der Waals surface area contributed by atoms with Crippen LogP contribution in [0.4, 0.5) is 0 Å². The Kier molecular flexibility index (Phi) is 5.46. The van der Waals surface area contributed by atoms with Gasteiger partial charge >= 0.3 is 0 Å². The minimum absolute atomic E-state index is 0.282. The highest BCUT2D eigenvalue weighted by atomic mass is 16.3. The summed E-state index contributed by atoms with van der Waals surface area (Å²) in [5.41, 5.74) is 0. The van der Waals surface area contributed by atoms with Crippen molar-refractivity contribution in [3.63, 3.8) is 0 Å². The van der Waals surface area contributed by atoms with Gasteiger partial charge in [0.05, 0.1) is 6.10 Å². The van der Waals surface area contributed by atoms with Gasteiger partial charge in [-0.05, 0) is 12.3 Å². The van der Waals surface area contributed by atoms with E-state index in [-0.39, 0.29) is 6.10 Å². The predicted molar refractivity (Wildman–Crippen MR) is 64.1 cm³/mol. The third kappa shape index (κ3) is 4.31. The van der Waals surface area contributed by atoms with Gasteiger partial charge in [0.1, 0.15) is 12.2 Å². The molecule has 1 aromatic rings. The van der Waals surface area contributed by atoms with Gasteiger partial charge in [0.15, 0.2) is 0 Å². The summed E-state index contributed by atoms with van der Waals surface area (Å²) in [5, 5.41) is 14.0. The number of hydrogen-bond acceptors (Lipinski definition) is 3. The Morgan fingerprint density at radius 2 is 2.19 bits per heavy atom. The van der Waals surface area contributed by atoms with E-state index >= 15 is 0 Å². The minimum Gasteiger partial charge on any atom is -0.393 e. The number of aliphatic hydroxyl groups excluding tert-OH is 1. The van der Waals surface area contributed by atoms with Gasteiger partial charge in [-0.25, -0.2) is 9.67 Å². The standard InChI is InChI=1S/C12H23N3O/c1-4-5-6-11(16)7-12-13-9-14-15(12)8-10(2)3/h9-11,16H,4-8H2,1-3H3. The molecule has 92 valence electrons. The molecule has 0 spiro atoms. The second-order valence-electron chi connectivity index (χ2n) is 4.75. The lowest BCUT2D eigenvalue weighted by Gasteiger charge is -2.12. The summed E-state index contributed by atoms with van der Waals surface area (Å²) in [4.78, 5) is 4.21. The molecule has 0 amide bonds. The quantitative estimate of drug-likeness (QED) is 0.772. The molecule has 1 rings (SSSR count). The van der Waals surface area contributed by atoms with Crippen molar-refractivity contribution in [1.82, 2.24) is 14.8 Å². The first kappa shape index (κ1) is 13.2. The maximum atomic E-state index is 9.83. The molecule has 1 N–H and O–H groups in total. The van der Waals surface area contributed by atoms with Crippen molar-refractivity contribution in [3.05, 3.63) is 12.2 Å². The van der Waals surface area contributed by atoms with Gasteiger partial charge in [-0.1, -0.05) is 33.6 Å². The maximum Gasteiger partial charge on any atom is 0.138 e. The van der Waals surface area contributed by atoms with Crippen LogP contribution in [0.1, 0.15) is 45.9 Å². The fourth-order valence-electron chi connectivity index (χ4n) is 1.70. The van der Waals surface area contributed by atoms with Crippen LogP contribution in [0.5, 0.6) is 0 Å². The molecule has 1 unspecified atom stereocenters. The number of unbranched alkanes of at least 4 members (excludes halogenated alkanes) is 1. The van der Waals surface area contributed by atoms with E-state index in [2.05, 4.69) is 30.9 Å². The maximum absolute atomic E-state index is 9.83. The second-order valence-corrected chi connectivity index (χ2v) is 4.75. The van der Waals surface area contributed by atoms with Crippen LogP contribution in [0.25, 0.3) is 0 Å². The zero-order valence-electron chi connectivity index (χ0n) is 10.6. The van der Waals surface area contributed by atoms with Crippen LogP contribution in [0.2, 0.25) is 0 Å². The Labute approximate surface area is 97.7 Å². The van der Waals surface area contributed by atoms with Crippen LogP contribution in [0, 0.1) is 5.92 Å². The lowest BCUT2D eigenvalue weighted by molar-refractivity contribution is 0.157. The lowest BCUT2D eigenvalue weighted by atomic mass is 10.1. The van der Waals surface area contributed by atoms with Crippen molar-refractivity contribution in [3.8, 4) is 0 Å². The first-order valence-corrected chi connectivity index (χ1v) is 6.18. The highest BCUT2D eigenvalue weighted by Gasteiger charge is 2.11. The van der Waals surface area contributed by atoms with E-state index in [1.54, 1.807) is 6.33 Å². The molecule has 0 saturated carbocycles. The van der Waals surface area contributed by atoms with E-state index < -0.39 is 0 Å². The third-order valence-electron chi connectivity index (χ3n) is 2.54. The number of hydrogen-bond donors (Lipinski definition) is 1. The van der Waals surface area contributed by atoms with E-state index in [0.29, 0.717) is 12.3 Å². The van der Waals surface area contributed by atoms with Crippen LogP contribution in [-0.4, -0.2) is 26.0 Å². The first-order valence-electron chi connectivity index (χ1n) is 6.18. The van der Waals surface area contributed by atoms with Crippen LogP contribution in [0.15, 0.2) is 6.33 Å². The molecular formula is C12H23N3O. The average molecular weight is 225 g/mol. The molecule has 0 aliphatic heterocycles. The van der Waals surface area contributed by atoms with Crippen molar-refractivity contribution < 1.29 is 5.11 Å². The summed E-state index contributed by atoms with van der Waals surface area (Å²) in [6, 6.07) is 0. The molecule has 1 atom stereocenters. The van der Waals surface area contributed by atoms with Gasteiger partial charge in [0, 0.05) is 13.0 Å². The van der Waals surface area contributed by atoms with Gasteiger partial charge in [-0.15, -0.1) is 0 Å². The molecule has 16 heavy (non-hydrogen) atoms. The Hall–Kier alpha value is -0.900. The third-order valence-corrected chi connectivity index (χ3v) is 2.54. The van der Waals surface area contributed by atoms with Crippen molar-refractivity contribution in [2.75, 3.05) is 0 Å². The Bertz CT molecular complexity index is 296. The van der Waals surface area contributed by atoms with Crippen LogP contribution in [-0.2, 0) is 13.0 Å². The molecule has 1 aromatic heterocycles. The van der Waals surface area contributed by atoms with Crippen LogP contribution in [0.3, 0.4) is 0 Å². The number of nitrogens with zero attached hydrogens (tertiary/aromatic N) is 3. The molecule has 0 aliphatic carbocycles. The molecule has 4 heteroatoms. The van der Waals surface area contributed by atoms with E-state index in [0.717, 1.165) is 31.6 Å². The highest BCUT2D eigenvalue weighted by molar-refractivity contribution is 4.87. The summed E-state index contributed by atoms with van der Waals surface area (Å²) in [6.07, 6.45) is 4.95. The topological polar surface area (TPSA) is 50.9 Å². The Morgan fingerprint density at radius 3 is 2.81 bits per heavy atom. The summed E-state index contributed by atoms with van der Waals surface area (Å²) in [5.74, 6) is 1.45. The molecule has 0 fully saturated rings. The van der Waals surface area contributed by atoms with Gasteiger partial charge in [-0.3, -0.25) is 0 Å². The largest absolute Gasteiger partial charge is 0.393 e. The van der Waals surface area contributed by atoms with Crippen molar-refractivity contribution >= 4 is 0 Å². The summed E-state index contributed by atoms with van der Waals surface area (Å²) >= 11 is 0. The minimum atomic E-state index is -0.282. The first-order chi connectivity index (χ1) is 7.63. The van der Waals surface area contributed by atoms with E-state index in [9.17, 15) is 5.11 Å². The second kappa shape index (κ2) is 6.63. The highest BCUT2D eigenvalue weighted by Crippen LogP contribution is 2.08. The van der Waals surface area contributed by atoms with E-state index in [1.165, 1.54) is 0 Å². The monoisotopic (exact) mass is 225 g/mol. The zero-order chi connectivity index (χ0) is 12.0. The van der Waals surface area contributed by atoms with E-state index in [4.69, 9.17) is 0 Å². The SMILES string of the molecule is CCCCC(O)Cc1ncnn1CC(C)C. The Balaban J connectivity index is 2.49. The van der Waals surface area contributed by atoms with Gasteiger partial charge < -0.3 is 5.11 Å². The molecule has 0 radical (unpaired) electrons. The van der Waals surface area contributed by atoms with E-state index in [1.807, 2.05) is 4.68 Å². The van der Waals surface area contributed by atoms with Gasteiger partial charge in [-0.2, -0.15) is 5.10 Å². The van der Waals surface area contributed by atoms with Crippen LogP contribution < -0.4 is 0 Å². The molecule has 4 nitrogen and oxygen atoms in total. The van der Waals surface area contributed by atoms with Gasteiger partial charge in [0.2, 0.25) is 0 Å². The van der Waals surface area contributed by atoms with Gasteiger partial charge in [0.25, 0.3) is 0 Å². The summed E-state index contributed by atoms with van der Waals surface area (Å²) in [6.45, 7) is 7.31. The molecule has 0 saturated heterocycles. The summed E-state index contributed by atoms with van der Waals surface area (Å²) in [7, 11) is 0. The summed E-state index contributed by atoms with van der Waals surface area (Å²) < 4.78 is 1.90. The molecule has 0 bridgehead atoms. The van der Waals surface area contributed by atoms with Crippen molar-refractivity contribution in [2.24, 2.45) is 5.92 Å². The lowest BCUT2D eigenvalue weighted by Crippen LogP contribution is -2.17. The zero-order valence-corrected chi connectivity index (χ0v) is 10.6. The smallest absolute Gasteiger partial charge is 0.138 e. The van der Waals surface area contributed by atoms with Crippen molar-refractivity contribution in [2.45, 2.75) is 59.1 Å². The number of rotatable bonds is 7. The predicted octanol–water partition coefficient (Wildman–Crippen LogP) is 2.03. The molecule has 0 aliphatic rings. The number of aromatic nitrogens is 3. The fourth-order valence-corrected chi connectivity index (χ4v) is 1.70.